The molecule has 0 aliphatic carbocycles. The molecule has 1 unspecified atom stereocenters. The molecule has 4 N–H and O–H groups in total. The summed E-state index contributed by atoms with van der Waals surface area (Å²) >= 11 is 0. The van der Waals surface area contributed by atoms with Gasteiger partial charge in [0.05, 0.1) is 6.61 Å². The Labute approximate surface area is 109 Å². The van der Waals surface area contributed by atoms with Gasteiger partial charge in [-0.25, -0.2) is 0 Å². The Morgan fingerprint density at radius 1 is 0.944 bits per heavy atom. The molecule has 0 saturated carbocycles. The van der Waals surface area contributed by atoms with Crippen molar-refractivity contribution in [1.82, 2.24) is 0 Å². The van der Waals surface area contributed by atoms with E-state index in [4.69, 9.17) is 24.4 Å². The van der Waals surface area contributed by atoms with E-state index in [2.05, 4.69) is 13.8 Å². The molecule has 112 valence electrons. The average Bonchev–Trinajstić information content (AvgIpc) is 2.35. The molecule has 1 atom stereocenters. The van der Waals surface area contributed by atoms with Gasteiger partial charge in [-0.15, -0.1) is 0 Å². The monoisotopic (exact) mass is 268 g/mol. The molecule has 0 fully saturated rings. The summed E-state index contributed by atoms with van der Waals surface area (Å²) in [4.78, 5) is 0. The van der Waals surface area contributed by atoms with Crippen molar-refractivity contribution in [3.8, 4) is 0 Å². The van der Waals surface area contributed by atoms with Crippen LogP contribution < -0.4 is 0 Å². The second-order valence-corrected chi connectivity index (χ2v) is 3.85. The number of aliphatic hydroxyl groups excluding tert-OH is 2. The largest absolute Gasteiger partial charge is 0.412 e. The van der Waals surface area contributed by atoms with Crippen LogP contribution in [-0.2, 0) is 14.2 Å². The minimum Gasteiger partial charge on any atom is -0.412 e. The first-order valence-corrected chi connectivity index (χ1v) is 6.38. The van der Waals surface area contributed by atoms with Crippen molar-refractivity contribution < 1.29 is 29.9 Å². The Bertz CT molecular complexity index is 146. The van der Waals surface area contributed by atoms with Crippen LogP contribution in [0.1, 0.15) is 39.5 Å². The summed E-state index contributed by atoms with van der Waals surface area (Å²) in [7, 11) is 0. The summed E-state index contributed by atoms with van der Waals surface area (Å²) in [5, 5.41) is 17.7. The van der Waals surface area contributed by atoms with Crippen LogP contribution in [0.25, 0.3) is 0 Å². The highest BCUT2D eigenvalue weighted by molar-refractivity contribution is 4.46. The highest BCUT2D eigenvalue weighted by Crippen LogP contribution is 2.02. The predicted octanol–water partition coefficient (Wildman–Crippen LogP) is 0.448. The van der Waals surface area contributed by atoms with Crippen molar-refractivity contribution in [2.45, 2.75) is 52.1 Å². The van der Waals surface area contributed by atoms with Crippen LogP contribution in [0.5, 0.6) is 0 Å². The van der Waals surface area contributed by atoms with Gasteiger partial charge in [-0.3, -0.25) is 0 Å². The lowest BCUT2D eigenvalue weighted by Crippen LogP contribution is -2.29. The van der Waals surface area contributed by atoms with E-state index in [9.17, 15) is 0 Å². The molecule has 0 saturated heterocycles. The van der Waals surface area contributed by atoms with Gasteiger partial charge in [0.1, 0.15) is 6.61 Å². The standard InChI is InChI=1S/C12H26O5.H2O/c1-3-5-7-15-12(16-8-6-4-2)10-17-11(14)9-13;/h11-14H,3-10H2,1-2H3;1H2. The number of aliphatic hydroxyl groups is 2. The van der Waals surface area contributed by atoms with Crippen LogP contribution in [0.15, 0.2) is 0 Å². The lowest BCUT2D eigenvalue weighted by molar-refractivity contribution is -0.213. The molecular formula is C12H28O6. The summed E-state index contributed by atoms with van der Waals surface area (Å²) < 4.78 is 15.9. The van der Waals surface area contributed by atoms with E-state index in [-0.39, 0.29) is 12.1 Å². The zero-order valence-electron chi connectivity index (χ0n) is 11.4. The van der Waals surface area contributed by atoms with Crippen molar-refractivity contribution in [2.75, 3.05) is 26.4 Å². The molecule has 6 nitrogen and oxygen atoms in total. The average molecular weight is 268 g/mol. The van der Waals surface area contributed by atoms with Crippen molar-refractivity contribution in [3.63, 3.8) is 0 Å². The van der Waals surface area contributed by atoms with Crippen LogP contribution >= 0.6 is 0 Å². The smallest absolute Gasteiger partial charge is 0.180 e. The third-order valence-electron chi connectivity index (χ3n) is 2.18. The lowest BCUT2D eigenvalue weighted by Gasteiger charge is -2.20. The molecule has 0 rings (SSSR count). The fraction of sp³-hybridized carbons (Fsp3) is 1.00. The maximum absolute atomic E-state index is 9.07. The third kappa shape index (κ3) is 12.2. The summed E-state index contributed by atoms with van der Waals surface area (Å²) in [5.41, 5.74) is 0. The quantitative estimate of drug-likeness (QED) is 0.395. The van der Waals surface area contributed by atoms with E-state index >= 15 is 0 Å². The van der Waals surface area contributed by atoms with Gasteiger partial charge in [0.2, 0.25) is 0 Å². The second kappa shape index (κ2) is 14.8. The Hall–Kier alpha value is -0.240. The second-order valence-electron chi connectivity index (χ2n) is 3.85. The van der Waals surface area contributed by atoms with Crippen molar-refractivity contribution in [1.29, 1.82) is 0 Å². The Balaban J connectivity index is 0. The van der Waals surface area contributed by atoms with Crippen LogP contribution in [0, 0.1) is 0 Å². The fourth-order valence-corrected chi connectivity index (χ4v) is 1.10. The molecule has 0 aromatic heterocycles. The van der Waals surface area contributed by atoms with Crippen molar-refractivity contribution in [2.24, 2.45) is 0 Å². The van der Waals surface area contributed by atoms with Gasteiger partial charge in [-0.2, -0.15) is 0 Å². The number of unbranched alkanes of at least 4 members (excludes halogenated alkanes) is 2. The summed E-state index contributed by atoms with van der Waals surface area (Å²) in [6.45, 7) is 5.12. The van der Waals surface area contributed by atoms with E-state index in [0.29, 0.717) is 13.2 Å². The van der Waals surface area contributed by atoms with Gasteiger partial charge >= 0.3 is 0 Å². The molecule has 0 heterocycles. The van der Waals surface area contributed by atoms with E-state index in [1.807, 2.05) is 0 Å². The highest BCUT2D eigenvalue weighted by atomic mass is 16.7. The Morgan fingerprint density at radius 3 is 1.83 bits per heavy atom. The minimum atomic E-state index is -1.16. The molecule has 0 bridgehead atoms. The van der Waals surface area contributed by atoms with Crippen LogP contribution in [0.4, 0.5) is 0 Å². The van der Waals surface area contributed by atoms with Gasteiger partial charge in [0.15, 0.2) is 12.6 Å². The van der Waals surface area contributed by atoms with E-state index < -0.39 is 19.2 Å². The fourth-order valence-electron chi connectivity index (χ4n) is 1.10. The highest BCUT2D eigenvalue weighted by Gasteiger charge is 2.12. The molecular weight excluding hydrogens is 240 g/mol. The first kappa shape index (κ1) is 20.1. The Morgan fingerprint density at radius 2 is 1.44 bits per heavy atom. The SMILES string of the molecule is CCCCOC(COC(O)CO)OCCCC.O. The summed E-state index contributed by atoms with van der Waals surface area (Å²) in [6, 6.07) is 0. The van der Waals surface area contributed by atoms with Crippen molar-refractivity contribution >= 4 is 0 Å². The first-order valence-electron chi connectivity index (χ1n) is 6.38. The van der Waals surface area contributed by atoms with Crippen molar-refractivity contribution in [3.05, 3.63) is 0 Å². The normalized spacial score (nSPS) is 12.5. The molecule has 6 heteroatoms. The van der Waals surface area contributed by atoms with Gasteiger partial charge in [0.25, 0.3) is 0 Å². The van der Waals surface area contributed by atoms with E-state index in [1.165, 1.54) is 0 Å². The maximum Gasteiger partial charge on any atom is 0.180 e. The van der Waals surface area contributed by atoms with Gasteiger partial charge < -0.3 is 29.9 Å². The number of ether oxygens (including phenoxy) is 3. The van der Waals surface area contributed by atoms with Gasteiger partial charge in [-0.05, 0) is 12.8 Å². The number of hydrogen-bond donors (Lipinski definition) is 2. The Kier molecular flexibility index (Phi) is 16.5. The van der Waals surface area contributed by atoms with Crippen LogP contribution in [-0.4, -0.2) is 54.7 Å². The van der Waals surface area contributed by atoms with Gasteiger partial charge in [0, 0.05) is 13.2 Å². The molecule has 0 spiro atoms. The topological polar surface area (TPSA) is 99.7 Å². The zero-order chi connectivity index (χ0) is 12.9. The minimum absolute atomic E-state index is 0. The van der Waals surface area contributed by atoms with E-state index in [1.54, 1.807) is 0 Å². The molecule has 0 radical (unpaired) electrons. The zero-order valence-corrected chi connectivity index (χ0v) is 11.4. The third-order valence-corrected chi connectivity index (χ3v) is 2.18. The molecule has 0 amide bonds. The molecule has 0 aromatic carbocycles. The van der Waals surface area contributed by atoms with Crippen LogP contribution in [0.3, 0.4) is 0 Å². The van der Waals surface area contributed by atoms with Crippen LogP contribution in [0.2, 0.25) is 0 Å². The van der Waals surface area contributed by atoms with E-state index in [0.717, 1.165) is 25.7 Å². The summed E-state index contributed by atoms with van der Waals surface area (Å²) in [6.07, 6.45) is 2.42. The number of rotatable bonds is 12. The first-order chi connectivity index (χ1) is 8.24. The predicted molar refractivity (Wildman–Crippen MR) is 68.2 cm³/mol. The molecule has 0 aliphatic heterocycles. The van der Waals surface area contributed by atoms with Gasteiger partial charge in [-0.1, -0.05) is 26.7 Å². The molecule has 0 aliphatic rings. The lowest BCUT2D eigenvalue weighted by atomic mass is 10.3. The summed E-state index contributed by atoms with van der Waals surface area (Å²) in [5.74, 6) is 0. The molecule has 18 heavy (non-hydrogen) atoms. The maximum atomic E-state index is 9.07. The molecule has 0 aromatic rings. The number of hydrogen-bond acceptors (Lipinski definition) is 5.